The first kappa shape index (κ1) is 9.39. The maximum Gasteiger partial charge on any atom is 0.328 e. The first-order valence-electron chi connectivity index (χ1n) is 4.32. The van der Waals surface area contributed by atoms with Gasteiger partial charge < -0.3 is 4.98 Å². The summed E-state index contributed by atoms with van der Waals surface area (Å²) in [7, 11) is 1.38. The van der Waals surface area contributed by atoms with Crippen LogP contribution in [-0.4, -0.2) is 15.8 Å². The van der Waals surface area contributed by atoms with Gasteiger partial charge in [-0.15, -0.1) is 0 Å². The number of fused-ring (bicyclic) bond motifs is 1. The van der Waals surface area contributed by atoms with Crippen molar-refractivity contribution in [3.63, 3.8) is 0 Å². The van der Waals surface area contributed by atoms with Crippen molar-refractivity contribution in [3.8, 4) is 0 Å². The number of nitrogens with one attached hydrogen (secondary N) is 1. The lowest BCUT2D eigenvalue weighted by atomic mass is 10.1. The van der Waals surface area contributed by atoms with Crippen LogP contribution in [0.15, 0.2) is 27.8 Å². The lowest BCUT2D eigenvalue weighted by Gasteiger charge is -2.00. The Labute approximate surface area is 84.0 Å². The Morgan fingerprint density at radius 1 is 1.33 bits per heavy atom. The monoisotopic (exact) mass is 204 g/mol. The largest absolute Gasteiger partial charge is 0.328 e. The Hall–Kier alpha value is -2.17. The molecule has 0 saturated carbocycles. The van der Waals surface area contributed by atoms with Crippen LogP contribution in [0.5, 0.6) is 0 Å². The van der Waals surface area contributed by atoms with Gasteiger partial charge in [0.05, 0.1) is 10.9 Å². The van der Waals surface area contributed by atoms with Crippen molar-refractivity contribution in [2.45, 2.75) is 0 Å². The quantitative estimate of drug-likeness (QED) is 0.666. The van der Waals surface area contributed by atoms with Gasteiger partial charge in [0.25, 0.3) is 5.56 Å². The molecule has 2 aromatic rings. The lowest BCUT2D eigenvalue weighted by molar-refractivity contribution is 0.112. The standard InChI is InChI=1S/C10H8N2O3/c1-12-9(14)7-4-6(5-13)2-3-8(7)11-10(12)15/h2-5H,1H3,(H,11,15). The minimum atomic E-state index is -0.466. The Morgan fingerprint density at radius 2 is 2.07 bits per heavy atom. The number of hydrogen-bond acceptors (Lipinski definition) is 3. The zero-order valence-electron chi connectivity index (χ0n) is 7.98. The molecule has 0 aliphatic carbocycles. The van der Waals surface area contributed by atoms with Gasteiger partial charge in [-0.2, -0.15) is 0 Å². The molecule has 1 heterocycles. The first-order valence-corrected chi connectivity index (χ1v) is 4.32. The molecule has 15 heavy (non-hydrogen) atoms. The molecule has 1 aromatic carbocycles. The molecule has 5 nitrogen and oxygen atoms in total. The zero-order valence-corrected chi connectivity index (χ0v) is 7.98. The molecule has 0 atom stereocenters. The lowest BCUT2D eigenvalue weighted by Crippen LogP contribution is -2.32. The summed E-state index contributed by atoms with van der Waals surface area (Å²) in [5, 5.41) is 0.335. The number of carbonyl (C=O) groups excluding carboxylic acids is 1. The zero-order chi connectivity index (χ0) is 11.0. The highest BCUT2D eigenvalue weighted by Crippen LogP contribution is 2.06. The smallest absolute Gasteiger partial charge is 0.307 e. The maximum atomic E-state index is 11.6. The van der Waals surface area contributed by atoms with Gasteiger partial charge in [0.2, 0.25) is 0 Å². The van der Waals surface area contributed by atoms with E-state index in [9.17, 15) is 14.4 Å². The van der Waals surface area contributed by atoms with Crippen molar-refractivity contribution in [2.75, 3.05) is 0 Å². The van der Waals surface area contributed by atoms with E-state index in [1.807, 2.05) is 0 Å². The predicted molar refractivity (Wildman–Crippen MR) is 55.2 cm³/mol. The molecule has 0 aliphatic rings. The average molecular weight is 204 g/mol. The first-order chi connectivity index (χ1) is 7.13. The van der Waals surface area contributed by atoms with Crippen molar-refractivity contribution >= 4 is 17.2 Å². The van der Waals surface area contributed by atoms with Crippen LogP contribution in [0, 0.1) is 0 Å². The fourth-order valence-corrected chi connectivity index (χ4v) is 1.39. The van der Waals surface area contributed by atoms with E-state index in [1.165, 1.54) is 13.1 Å². The summed E-state index contributed by atoms with van der Waals surface area (Å²) in [6.07, 6.45) is 0.657. The second kappa shape index (κ2) is 3.20. The molecular formula is C10H8N2O3. The number of benzene rings is 1. The summed E-state index contributed by atoms with van der Waals surface area (Å²) in [4.78, 5) is 36.0. The van der Waals surface area contributed by atoms with Gasteiger partial charge in [0, 0.05) is 12.6 Å². The molecule has 0 saturated heterocycles. The minimum Gasteiger partial charge on any atom is -0.307 e. The summed E-state index contributed by atoms with van der Waals surface area (Å²) in [6, 6.07) is 4.55. The number of aromatic amines is 1. The van der Waals surface area contributed by atoms with Crippen molar-refractivity contribution < 1.29 is 4.79 Å². The summed E-state index contributed by atoms with van der Waals surface area (Å²) in [5.41, 5.74) is -0.0239. The molecule has 5 heteroatoms. The molecule has 0 amide bonds. The third-order valence-corrected chi connectivity index (χ3v) is 2.26. The predicted octanol–water partition coefficient (Wildman–Crippen LogP) is 0.0393. The molecule has 0 spiro atoms. The number of aromatic nitrogens is 2. The third-order valence-electron chi connectivity index (χ3n) is 2.26. The van der Waals surface area contributed by atoms with Gasteiger partial charge in [-0.05, 0) is 18.2 Å². The number of nitrogens with zero attached hydrogens (tertiary/aromatic N) is 1. The highest BCUT2D eigenvalue weighted by atomic mass is 16.2. The highest BCUT2D eigenvalue weighted by Gasteiger charge is 2.04. The molecular weight excluding hydrogens is 196 g/mol. The van der Waals surface area contributed by atoms with E-state index in [1.54, 1.807) is 12.1 Å². The maximum absolute atomic E-state index is 11.6. The molecule has 0 fully saturated rings. The van der Waals surface area contributed by atoms with Gasteiger partial charge in [-0.3, -0.25) is 14.2 Å². The van der Waals surface area contributed by atoms with Crippen LogP contribution >= 0.6 is 0 Å². The molecule has 1 N–H and O–H groups in total. The Morgan fingerprint density at radius 3 is 2.73 bits per heavy atom. The molecule has 0 unspecified atom stereocenters. The van der Waals surface area contributed by atoms with E-state index in [0.29, 0.717) is 22.8 Å². The van der Waals surface area contributed by atoms with E-state index in [-0.39, 0.29) is 0 Å². The summed E-state index contributed by atoms with van der Waals surface area (Å²) >= 11 is 0. The van der Waals surface area contributed by atoms with Crippen LogP contribution in [0.4, 0.5) is 0 Å². The topological polar surface area (TPSA) is 71.9 Å². The fraction of sp³-hybridized carbons (Fsp3) is 0.100. The Balaban J connectivity index is 3.00. The highest BCUT2D eigenvalue weighted by molar-refractivity contribution is 5.85. The number of carbonyl (C=O) groups is 1. The second-order valence-electron chi connectivity index (χ2n) is 3.22. The summed E-state index contributed by atoms with van der Waals surface area (Å²) in [5.74, 6) is 0. The number of H-pyrrole nitrogens is 1. The van der Waals surface area contributed by atoms with Gasteiger partial charge in [0.15, 0.2) is 0 Å². The molecule has 76 valence electrons. The number of rotatable bonds is 1. The van der Waals surface area contributed by atoms with Gasteiger partial charge in [-0.25, -0.2) is 4.79 Å². The van der Waals surface area contributed by atoms with E-state index < -0.39 is 11.2 Å². The molecule has 0 bridgehead atoms. The SMILES string of the molecule is Cn1c(=O)[nH]c2ccc(C=O)cc2c1=O. The van der Waals surface area contributed by atoms with Crippen molar-refractivity contribution in [1.29, 1.82) is 0 Å². The van der Waals surface area contributed by atoms with E-state index in [0.717, 1.165) is 4.57 Å². The molecule has 0 radical (unpaired) electrons. The van der Waals surface area contributed by atoms with E-state index in [2.05, 4.69) is 4.98 Å². The van der Waals surface area contributed by atoms with Crippen molar-refractivity contribution in [3.05, 3.63) is 44.6 Å². The van der Waals surface area contributed by atoms with Crippen LogP contribution in [0.2, 0.25) is 0 Å². The van der Waals surface area contributed by atoms with Crippen LogP contribution in [-0.2, 0) is 7.05 Å². The summed E-state index contributed by atoms with van der Waals surface area (Å²) in [6.45, 7) is 0. The van der Waals surface area contributed by atoms with Crippen molar-refractivity contribution in [2.24, 2.45) is 7.05 Å². The van der Waals surface area contributed by atoms with Crippen LogP contribution in [0.25, 0.3) is 10.9 Å². The molecule has 0 aliphatic heterocycles. The Kier molecular flexibility index (Phi) is 2.00. The van der Waals surface area contributed by atoms with Crippen molar-refractivity contribution in [1.82, 2.24) is 9.55 Å². The fourth-order valence-electron chi connectivity index (χ4n) is 1.39. The second-order valence-corrected chi connectivity index (χ2v) is 3.22. The summed E-state index contributed by atoms with van der Waals surface area (Å²) < 4.78 is 0.969. The number of hydrogen-bond donors (Lipinski definition) is 1. The van der Waals surface area contributed by atoms with Crippen LogP contribution < -0.4 is 11.2 Å². The minimum absolute atomic E-state index is 0.335. The normalized spacial score (nSPS) is 10.5. The third kappa shape index (κ3) is 1.38. The Bertz CT molecular complexity index is 652. The molecule has 2 rings (SSSR count). The van der Waals surface area contributed by atoms with Gasteiger partial charge in [-0.1, -0.05) is 0 Å². The molecule has 1 aromatic heterocycles. The van der Waals surface area contributed by atoms with Crippen LogP contribution in [0.3, 0.4) is 0 Å². The van der Waals surface area contributed by atoms with E-state index >= 15 is 0 Å². The van der Waals surface area contributed by atoms with Gasteiger partial charge in [0.1, 0.15) is 6.29 Å². The number of aldehydes is 1. The van der Waals surface area contributed by atoms with E-state index in [4.69, 9.17) is 0 Å². The van der Waals surface area contributed by atoms with Gasteiger partial charge >= 0.3 is 5.69 Å². The average Bonchev–Trinajstić information content (AvgIpc) is 2.26. The van der Waals surface area contributed by atoms with Crippen LogP contribution in [0.1, 0.15) is 10.4 Å².